The smallest absolute Gasteiger partial charge is 0.195 e. The minimum Gasteiger partial charge on any atom is -0.195 e. The van der Waals surface area contributed by atoms with Crippen molar-refractivity contribution in [2.75, 3.05) is 0 Å². The third-order valence-electron chi connectivity index (χ3n) is 6.89. The molecular weight excluding hydrogens is 321 g/mol. The second kappa shape index (κ2) is 12.3. The lowest BCUT2D eigenvalue weighted by Gasteiger charge is -2.38. The average molecular weight is 360 g/mol. The number of unbranched alkanes of at least 4 members (excludes halogenated alkanes) is 2. The molecule has 0 N–H and O–H groups in total. The standard InChI is InChI=1S/C24H38FN/c1-2-3-5-8-20-11-15-22(16-12-20)23-17-13-21(14-18-23)9-6-4-7-10-24(25)19-26/h4,7,10,20-23H,2-3,5-6,8-9,11-18H2,1H3. The molecule has 146 valence electrons. The number of nitriles is 1. The number of halogens is 1. The van der Waals surface area contributed by atoms with Gasteiger partial charge in [0.2, 0.25) is 0 Å². The lowest BCUT2D eigenvalue weighted by atomic mass is 9.68. The van der Waals surface area contributed by atoms with E-state index in [0.717, 1.165) is 30.1 Å². The minimum atomic E-state index is -0.707. The van der Waals surface area contributed by atoms with Crippen LogP contribution in [0.5, 0.6) is 0 Å². The molecule has 2 aliphatic rings. The fourth-order valence-electron chi connectivity index (χ4n) is 5.20. The van der Waals surface area contributed by atoms with Gasteiger partial charge < -0.3 is 0 Å². The van der Waals surface area contributed by atoms with E-state index in [-0.39, 0.29) is 0 Å². The van der Waals surface area contributed by atoms with Gasteiger partial charge in [0.15, 0.2) is 5.83 Å². The summed E-state index contributed by atoms with van der Waals surface area (Å²) in [6, 6.07) is 1.50. The maximum atomic E-state index is 12.7. The summed E-state index contributed by atoms with van der Waals surface area (Å²) in [5.41, 5.74) is 0. The largest absolute Gasteiger partial charge is 0.199 e. The molecule has 2 saturated carbocycles. The van der Waals surface area contributed by atoms with Crippen molar-refractivity contribution in [3.8, 4) is 6.07 Å². The first-order valence-electron chi connectivity index (χ1n) is 11.1. The van der Waals surface area contributed by atoms with Crippen molar-refractivity contribution in [3.05, 3.63) is 24.1 Å². The molecule has 0 aromatic carbocycles. The first kappa shape index (κ1) is 21.2. The third-order valence-corrected chi connectivity index (χ3v) is 6.89. The molecule has 2 fully saturated rings. The van der Waals surface area contributed by atoms with Crippen LogP contribution >= 0.6 is 0 Å². The maximum absolute atomic E-state index is 12.7. The van der Waals surface area contributed by atoms with Gasteiger partial charge in [0.25, 0.3) is 0 Å². The van der Waals surface area contributed by atoms with Gasteiger partial charge in [-0.1, -0.05) is 70.4 Å². The van der Waals surface area contributed by atoms with E-state index < -0.39 is 5.83 Å². The fraction of sp³-hybridized carbons (Fsp3) is 0.792. The van der Waals surface area contributed by atoms with E-state index in [9.17, 15) is 4.39 Å². The molecular formula is C24H38FN. The fourth-order valence-corrected chi connectivity index (χ4v) is 5.20. The van der Waals surface area contributed by atoms with Crippen LogP contribution in [0, 0.1) is 35.0 Å². The zero-order valence-corrected chi connectivity index (χ0v) is 16.8. The normalized spacial score (nSPS) is 30.4. The molecule has 0 unspecified atom stereocenters. The van der Waals surface area contributed by atoms with Crippen LogP contribution in [0.4, 0.5) is 4.39 Å². The molecule has 1 nitrogen and oxygen atoms in total. The number of hydrogen-bond donors (Lipinski definition) is 0. The van der Waals surface area contributed by atoms with Crippen LogP contribution in [0.3, 0.4) is 0 Å². The molecule has 0 heterocycles. The summed E-state index contributed by atoms with van der Waals surface area (Å²) < 4.78 is 12.7. The van der Waals surface area contributed by atoms with Crippen molar-refractivity contribution < 1.29 is 4.39 Å². The Hall–Kier alpha value is -1.10. The summed E-state index contributed by atoms with van der Waals surface area (Å²) in [5, 5.41) is 8.36. The summed E-state index contributed by atoms with van der Waals surface area (Å²) in [6.07, 6.45) is 24.5. The molecule has 0 saturated heterocycles. The first-order valence-corrected chi connectivity index (χ1v) is 11.1. The Bertz CT molecular complexity index is 471. The van der Waals surface area contributed by atoms with E-state index in [1.54, 1.807) is 6.08 Å². The zero-order valence-electron chi connectivity index (χ0n) is 16.8. The van der Waals surface area contributed by atoms with Gasteiger partial charge in [0, 0.05) is 0 Å². The minimum absolute atomic E-state index is 0.707. The molecule has 0 amide bonds. The van der Waals surface area contributed by atoms with Crippen molar-refractivity contribution in [3.63, 3.8) is 0 Å². The van der Waals surface area contributed by atoms with E-state index in [2.05, 4.69) is 6.92 Å². The second-order valence-electron chi connectivity index (χ2n) is 8.69. The van der Waals surface area contributed by atoms with Crippen LogP contribution < -0.4 is 0 Å². The van der Waals surface area contributed by atoms with Gasteiger partial charge in [0.05, 0.1) is 0 Å². The van der Waals surface area contributed by atoms with Crippen molar-refractivity contribution in [2.24, 2.45) is 23.7 Å². The Kier molecular flexibility index (Phi) is 10.0. The van der Waals surface area contributed by atoms with Crippen molar-refractivity contribution >= 4 is 0 Å². The van der Waals surface area contributed by atoms with E-state index in [1.165, 1.54) is 95.6 Å². The predicted octanol–water partition coefficient (Wildman–Crippen LogP) is 7.89. The highest BCUT2D eigenvalue weighted by molar-refractivity contribution is 5.18. The Morgan fingerprint density at radius 2 is 1.50 bits per heavy atom. The topological polar surface area (TPSA) is 23.8 Å². The molecule has 2 heteroatoms. The molecule has 0 aliphatic heterocycles. The molecule has 0 radical (unpaired) electrons. The Balaban J connectivity index is 1.58. The SMILES string of the molecule is CCCCCC1CCC(C2CCC(CCC=CC=C(F)C#N)CC2)CC1. The van der Waals surface area contributed by atoms with Crippen LogP contribution in [0.1, 0.15) is 96.8 Å². The summed E-state index contributed by atoms with van der Waals surface area (Å²) >= 11 is 0. The number of hydrogen-bond acceptors (Lipinski definition) is 1. The predicted molar refractivity (Wildman–Crippen MR) is 108 cm³/mol. The number of rotatable bonds is 9. The van der Waals surface area contributed by atoms with Gasteiger partial charge in [-0.15, -0.1) is 0 Å². The Morgan fingerprint density at radius 1 is 0.923 bits per heavy atom. The number of allylic oxidation sites excluding steroid dienone is 4. The van der Waals surface area contributed by atoms with E-state index in [0.29, 0.717) is 0 Å². The third kappa shape index (κ3) is 7.65. The van der Waals surface area contributed by atoms with Crippen LogP contribution in [-0.4, -0.2) is 0 Å². The lowest BCUT2D eigenvalue weighted by molar-refractivity contribution is 0.140. The molecule has 2 aliphatic carbocycles. The van der Waals surface area contributed by atoms with Crippen LogP contribution in [0.15, 0.2) is 24.1 Å². The molecule has 0 bridgehead atoms. The highest BCUT2D eigenvalue weighted by atomic mass is 19.1. The van der Waals surface area contributed by atoms with Crippen molar-refractivity contribution in [1.82, 2.24) is 0 Å². The maximum Gasteiger partial charge on any atom is 0.199 e. The summed E-state index contributed by atoms with van der Waals surface area (Å²) in [6.45, 7) is 2.30. The number of nitrogens with zero attached hydrogens (tertiary/aromatic N) is 1. The lowest BCUT2D eigenvalue weighted by Crippen LogP contribution is -2.25. The van der Waals surface area contributed by atoms with Crippen LogP contribution in [0.25, 0.3) is 0 Å². The highest BCUT2D eigenvalue weighted by Crippen LogP contribution is 2.43. The molecule has 26 heavy (non-hydrogen) atoms. The van der Waals surface area contributed by atoms with E-state index >= 15 is 0 Å². The molecule has 0 atom stereocenters. The van der Waals surface area contributed by atoms with Gasteiger partial charge in [0.1, 0.15) is 6.07 Å². The first-order chi connectivity index (χ1) is 12.7. The summed E-state index contributed by atoms with van der Waals surface area (Å²) in [5.74, 6) is 3.18. The Labute approximate surface area is 160 Å². The average Bonchev–Trinajstić information content (AvgIpc) is 2.69. The van der Waals surface area contributed by atoms with Crippen molar-refractivity contribution in [2.45, 2.75) is 96.8 Å². The van der Waals surface area contributed by atoms with E-state index in [1.807, 2.05) is 6.08 Å². The van der Waals surface area contributed by atoms with Gasteiger partial charge in [-0.25, -0.2) is 0 Å². The second-order valence-corrected chi connectivity index (χ2v) is 8.69. The van der Waals surface area contributed by atoms with Gasteiger partial charge in [-0.3, -0.25) is 0 Å². The highest BCUT2D eigenvalue weighted by Gasteiger charge is 2.30. The molecule has 2 rings (SSSR count). The monoisotopic (exact) mass is 359 g/mol. The van der Waals surface area contributed by atoms with Gasteiger partial charge in [-0.05, 0) is 68.3 Å². The zero-order chi connectivity index (χ0) is 18.6. The quantitative estimate of drug-likeness (QED) is 0.233. The van der Waals surface area contributed by atoms with Gasteiger partial charge in [-0.2, -0.15) is 9.65 Å². The van der Waals surface area contributed by atoms with Crippen molar-refractivity contribution in [1.29, 1.82) is 5.26 Å². The van der Waals surface area contributed by atoms with Crippen LogP contribution in [0.2, 0.25) is 0 Å². The van der Waals surface area contributed by atoms with E-state index in [4.69, 9.17) is 5.26 Å². The Morgan fingerprint density at radius 3 is 2.04 bits per heavy atom. The summed E-state index contributed by atoms with van der Waals surface area (Å²) in [7, 11) is 0. The molecule has 0 aromatic rings. The summed E-state index contributed by atoms with van der Waals surface area (Å²) in [4.78, 5) is 0. The van der Waals surface area contributed by atoms with Crippen LogP contribution in [-0.2, 0) is 0 Å². The molecule has 0 aromatic heterocycles. The molecule has 0 spiro atoms. The van der Waals surface area contributed by atoms with Gasteiger partial charge >= 0.3 is 0 Å².